The average molecular weight is 260 g/mol. The number of thioether (sulfide) groups is 2. The Labute approximate surface area is 104 Å². The minimum Gasteiger partial charge on any atom is -0.330 e. The van der Waals surface area contributed by atoms with E-state index in [0.29, 0.717) is 6.54 Å². The molecule has 16 heavy (non-hydrogen) atoms. The summed E-state index contributed by atoms with van der Waals surface area (Å²) >= 11 is 3.84. The van der Waals surface area contributed by atoms with Crippen LogP contribution in [0, 0.1) is 0 Å². The van der Waals surface area contributed by atoms with Gasteiger partial charge >= 0.3 is 0 Å². The molecule has 2 aliphatic rings. The fourth-order valence-corrected chi connectivity index (χ4v) is 5.47. The first-order valence-corrected chi connectivity index (χ1v) is 7.41. The number of carbonyl (C=O) groups excluding carboxylic acids is 2. The molecule has 0 radical (unpaired) electrons. The van der Waals surface area contributed by atoms with Crippen LogP contribution in [0.3, 0.4) is 0 Å². The van der Waals surface area contributed by atoms with Crippen LogP contribution >= 0.6 is 23.5 Å². The molecule has 6 heteroatoms. The number of rotatable bonds is 2. The Hall–Kier alpha value is -0.200. The fourth-order valence-electron chi connectivity index (χ4n) is 2.24. The topological polar surface area (TPSA) is 63.4 Å². The van der Waals surface area contributed by atoms with E-state index < -0.39 is 0 Å². The zero-order valence-electron chi connectivity index (χ0n) is 9.05. The summed E-state index contributed by atoms with van der Waals surface area (Å²) in [7, 11) is 0. The third kappa shape index (κ3) is 2.24. The first-order chi connectivity index (χ1) is 7.71. The molecule has 1 atom stereocenters. The lowest BCUT2D eigenvalue weighted by Crippen LogP contribution is -2.53. The van der Waals surface area contributed by atoms with Gasteiger partial charge in [0.25, 0.3) is 0 Å². The Morgan fingerprint density at radius 3 is 2.75 bits per heavy atom. The Bertz CT molecular complexity index is 293. The normalized spacial score (nSPS) is 28.3. The second-order valence-electron chi connectivity index (χ2n) is 4.08. The highest BCUT2D eigenvalue weighted by molar-refractivity contribution is 8.21. The molecule has 2 aliphatic heterocycles. The zero-order valence-corrected chi connectivity index (χ0v) is 10.7. The smallest absolute Gasteiger partial charge is 0.236 e. The van der Waals surface area contributed by atoms with Crippen LogP contribution in [0.2, 0.25) is 0 Å². The van der Waals surface area contributed by atoms with Crippen molar-refractivity contribution in [2.45, 2.75) is 23.0 Å². The Morgan fingerprint density at radius 1 is 1.50 bits per heavy atom. The first kappa shape index (κ1) is 12.3. The fraction of sp³-hybridized carbons (Fsp3) is 0.800. The van der Waals surface area contributed by atoms with Gasteiger partial charge in [-0.1, -0.05) is 0 Å². The summed E-state index contributed by atoms with van der Waals surface area (Å²) in [5.41, 5.74) is 5.39. The number of aldehydes is 1. The van der Waals surface area contributed by atoms with Crippen LogP contribution in [0.25, 0.3) is 0 Å². The van der Waals surface area contributed by atoms with E-state index >= 15 is 0 Å². The largest absolute Gasteiger partial charge is 0.330 e. The van der Waals surface area contributed by atoms with Crippen molar-refractivity contribution in [1.82, 2.24) is 4.90 Å². The van der Waals surface area contributed by atoms with E-state index in [1.54, 1.807) is 4.90 Å². The van der Waals surface area contributed by atoms with Crippen molar-refractivity contribution in [3.63, 3.8) is 0 Å². The molecule has 0 bridgehead atoms. The zero-order chi connectivity index (χ0) is 11.6. The SMILES string of the molecule is NCC(=O)N1CC2(CC[C@H]1C=O)SCCS2. The lowest BCUT2D eigenvalue weighted by Gasteiger charge is -2.42. The summed E-state index contributed by atoms with van der Waals surface area (Å²) in [6, 6.07) is -0.261. The van der Waals surface area contributed by atoms with E-state index in [1.807, 2.05) is 23.5 Å². The van der Waals surface area contributed by atoms with E-state index in [9.17, 15) is 9.59 Å². The maximum Gasteiger partial charge on any atom is 0.236 e. The van der Waals surface area contributed by atoms with Crippen LogP contribution in [0.5, 0.6) is 0 Å². The predicted octanol–water partition coefficient (Wildman–Crippen LogP) is 0.311. The van der Waals surface area contributed by atoms with Crippen LogP contribution in [0.4, 0.5) is 0 Å². The highest BCUT2D eigenvalue weighted by Gasteiger charge is 2.44. The number of nitrogens with zero attached hydrogens (tertiary/aromatic N) is 1. The van der Waals surface area contributed by atoms with Gasteiger partial charge in [-0.25, -0.2) is 0 Å². The van der Waals surface area contributed by atoms with Gasteiger partial charge in [0.15, 0.2) is 0 Å². The maximum absolute atomic E-state index is 11.7. The van der Waals surface area contributed by atoms with E-state index in [-0.39, 0.29) is 22.6 Å². The molecule has 0 aromatic carbocycles. The molecule has 2 heterocycles. The molecule has 2 saturated heterocycles. The van der Waals surface area contributed by atoms with E-state index in [2.05, 4.69) is 0 Å². The molecule has 1 spiro atoms. The molecule has 0 saturated carbocycles. The van der Waals surface area contributed by atoms with Crippen molar-refractivity contribution < 1.29 is 9.59 Å². The monoisotopic (exact) mass is 260 g/mol. The van der Waals surface area contributed by atoms with E-state index in [4.69, 9.17) is 5.73 Å². The molecule has 4 nitrogen and oxygen atoms in total. The number of carbonyl (C=O) groups is 2. The molecule has 2 N–H and O–H groups in total. The number of amides is 1. The second-order valence-corrected chi connectivity index (χ2v) is 7.29. The van der Waals surface area contributed by atoms with Gasteiger partial charge in [0.05, 0.1) is 16.7 Å². The Kier molecular flexibility index (Phi) is 3.81. The third-order valence-electron chi connectivity index (χ3n) is 3.10. The minimum absolute atomic E-state index is 0.00421. The van der Waals surface area contributed by atoms with E-state index in [1.165, 1.54) is 0 Å². The minimum atomic E-state index is -0.261. The van der Waals surface area contributed by atoms with Crippen molar-refractivity contribution in [3.8, 4) is 0 Å². The van der Waals surface area contributed by atoms with Gasteiger partial charge in [-0.3, -0.25) is 4.79 Å². The van der Waals surface area contributed by atoms with Gasteiger partial charge in [0.1, 0.15) is 6.29 Å². The quantitative estimate of drug-likeness (QED) is 0.724. The maximum atomic E-state index is 11.7. The van der Waals surface area contributed by atoms with Crippen LogP contribution in [-0.2, 0) is 9.59 Å². The number of nitrogens with two attached hydrogens (primary N) is 1. The van der Waals surface area contributed by atoms with Crippen molar-refractivity contribution in [3.05, 3.63) is 0 Å². The number of hydrogen-bond acceptors (Lipinski definition) is 5. The van der Waals surface area contributed by atoms with Gasteiger partial charge in [0, 0.05) is 18.1 Å². The van der Waals surface area contributed by atoms with Gasteiger partial charge in [0.2, 0.25) is 5.91 Å². The molecule has 2 rings (SSSR count). The standard InChI is InChI=1S/C10H16N2O2S2/c11-5-9(14)12-7-10(15-3-4-16-10)2-1-8(12)6-13/h6,8H,1-5,7,11H2/t8-/m0/s1. The van der Waals surface area contributed by atoms with Crippen molar-refractivity contribution >= 4 is 35.7 Å². The van der Waals surface area contributed by atoms with Crippen LogP contribution in [0.15, 0.2) is 0 Å². The molecule has 0 unspecified atom stereocenters. The lowest BCUT2D eigenvalue weighted by atomic mass is 10.0. The predicted molar refractivity (Wildman–Crippen MR) is 67.5 cm³/mol. The molecule has 0 aromatic rings. The molecule has 0 aliphatic carbocycles. The highest BCUT2D eigenvalue weighted by Crippen LogP contribution is 2.50. The summed E-state index contributed by atoms with van der Waals surface area (Å²) in [5, 5.41) is 0. The molecule has 1 amide bonds. The van der Waals surface area contributed by atoms with Crippen LogP contribution in [0.1, 0.15) is 12.8 Å². The summed E-state index contributed by atoms with van der Waals surface area (Å²) in [6.07, 6.45) is 2.67. The highest BCUT2D eigenvalue weighted by atomic mass is 32.2. The van der Waals surface area contributed by atoms with Crippen molar-refractivity contribution in [1.29, 1.82) is 0 Å². The average Bonchev–Trinajstić information content (AvgIpc) is 2.76. The van der Waals surface area contributed by atoms with Gasteiger partial charge in [-0.15, -0.1) is 23.5 Å². The van der Waals surface area contributed by atoms with Gasteiger partial charge in [-0.05, 0) is 12.8 Å². The number of hydrogen-bond donors (Lipinski definition) is 1. The van der Waals surface area contributed by atoms with Crippen LogP contribution < -0.4 is 5.73 Å². The molecule has 90 valence electrons. The van der Waals surface area contributed by atoms with Gasteiger partial charge in [-0.2, -0.15) is 0 Å². The summed E-state index contributed by atoms with van der Waals surface area (Å²) in [5.74, 6) is 2.17. The first-order valence-electron chi connectivity index (χ1n) is 5.43. The molecular weight excluding hydrogens is 244 g/mol. The molecular formula is C10H16N2O2S2. The summed E-state index contributed by atoms with van der Waals surface area (Å²) in [4.78, 5) is 24.3. The van der Waals surface area contributed by atoms with E-state index in [0.717, 1.165) is 30.6 Å². The molecule has 2 fully saturated rings. The van der Waals surface area contributed by atoms with Gasteiger partial charge < -0.3 is 15.4 Å². The number of likely N-dealkylation sites (tertiary alicyclic amines) is 1. The summed E-state index contributed by atoms with van der Waals surface area (Å²) in [6.45, 7) is 0.664. The second kappa shape index (κ2) is 4.98. The Balaban J connectivity index is 2.11. The van der Waals surface area contributed by atoms with Crippen molar-refractivity contribution in [2.24, 2.45) is 5.73 Å². The number of piperidine rings is 1. The summed E-state index contributed by atoms with van der Waals surface area (Å²) < 4.78 is 0.129. The Morgan fingerprint density at radius 2 is 2.19 bits per heavy atom. The van der Waals surface area contributed by atoms with Crippen molar-refractivity contribution in [2.75, 3.05) is 24.6 Å². The van der Waals surface area contributed by atoms with Crippen LogP contribution in [-0.4, -0.2) is 51.8 Å². The lowest BCUT2D eigenvalue weighted by molar-refractivity contribution is -0.136. The third-order valence-corrected chi connectivity index (χ3v) is 6.60. The molecule has 0 aromatic heterocycles.